The number of rotatable bonds is 7. The van der Waals surface area contributed by atoms with Crippen LogP contribution in [0.2, 0.25) is 0 Å². The van der Waals surface area contributed by atoms with Crippen molar-refractivity contribution >= 4 is 33.5 Å². The van der Waals surface area contributed by atoms with Gasteiger partial charge in [0.1, 0.15) is 0 Å². The first-order chi connectivity index (χ1) is 14.9. The maximum atomic E-state index is 12.6. The molecule has 6 nitrogen and oxygen atoms in total. The van der Waals surface area contributed by atoms with Crippen LogP contribution in [0.15, 0.2) is 48.0 Å². The average Bonchev–Trinajstić information content (AvgIpc) is 3.09. The van der Waals surface area contributed by atoms with Crippen molar-refractivity contribution in [2.45, 2.75) is 20.4 Å². The number of allylic oxidation sites excluding steroid dienone is 1. The fraction of sp³-hybridized carbons (Fsp3) is 0.250. The molecule has 1 amide bonds. The number of fused-ring (bicyclic) bond motifs is 1. The topological polar surface area (TPSA) is 62.1 Å². The number of methoxy groups -OCH3 is 3. The molecule has 0 fully saturated rings. The van der Waals surface area contributed by atoms with Crippen molar-refractivity contribution in [3.63, 3.8) is 0 Å². The van der Waals surface area contributed by atoms with Crippen molar-refractivity contribution in [3.8, 4) is 17.2 Å². The smallest absolute Gasteiger partial charge is 0.272 e. The van der Waals surface area contributed by atoms with Crippen molar-refractivity contribution in [1.29, 1.82) is 0 Å². The number of carbonyl (C=O) groups is 1. The fourth-order valence-electron chi connectivity index (χ4n) is 3.40. The van der Waals surface area contributed by atoms with E-state index in [1.165, 1.54) is 28.5 Å². The van der Waals surface area contributed by atoms with E-state index >= 15 is 0 Å². The first-order valence-corrected chi connectivity index (χ1v) is 10.5. The van der Waals surface area contributed by atoms with E-state index in [4.69, 9.17) is 14.2 Å². The highest BCUT2D eigenvalue weighted by atomic mass is 32.1. The van der Waals surface area contributed by atoms with Gasteiger partial charge in [-0.25, -0.2) is 0 Å². The lowest BCUT2D eigenvalue weighted by Crippen LogP contribution is -2.15. The molecule has 0 radical (unpaired) electrons. The Hall–Kier alpha value is -3.32. The zero-order chi connectivity index (χ0) is 22.5. The van der Waals surface area contributed by atoms with E-state index in [2.05, 4.69) is 37.6 Å². The highest BCUT2D eigenvalue weighted by Gasteiger charge is 2.12. The SMILES string of the molecule is C=CCn1c(=NC(=O)C=Cc2cc(OC)c(OC)c(OC)c2)sc2c(C)cc(C)cc21. The van der Waals surface area contributed by atoms with Gasteiger partial charge in [-0.15, -0.1) is 6.58 Å². The molecule has 31 heavy (non-hydrogen) atoms. The summed E-state index contributed by atoms with van der Waals surface area (Å²) in [6.07, 6.45) is 4.91. The van der Waals surface area contributed by atoms with Crippen LogP contribution in [0, 0.1) is 13.8 Å². The number of benzene rings is 2. The Balaban J connectivity index is 2.01. The van der Waals surface area contributed by atoms with Crippen molar-refractivity contribution < 1.29 is 19.0 Å². The fourth-order valence-corrected chi connectivity index (χ4v) is 4.49. The minimum atomic E-state index is -0.354. The summed E-state index contributed by atoms with van der Waals surface area (Å²) in [6.45, 7) is 8.54. The van der Waals surface area contributed by atoms with Gasteiger partial charge >= 0.3 is 0 Å². The number of aryl methyl sites for hydroxylation is 2. The maximum absolute atomic E-state index is 12.6. The highest BCUT2D eigenvalue weighted by molar-refractivity contribution is 7.16. The van der Waals surface area contributed by atoms with E-state index in [1.54, 1.807) is 45.6 Å². The molecule has 0 saturated carbocycles. The van der Waals surface area contributed by atoms with Crippen LogP contribution in [0.4, 0.5) is 0 Å². The normalized spacial score (nSPS) is 11.8. The van der Waals surface area contributed by atoms with Gasteiger partial charge in [-0.3, -0.25) is 4.79 Å². The van der Waals surface area contributed by atoms with Crippen LogP contribution in [0.5, 0.6) is 17.2 Å². The summed E-state index contributed by atoms with van der Waals surface area (Å²) in [6, 6.07) is 7.79. The van der Waals surface area contributed by atoms with Gasteiger partial charge in [0.05, 0.1) is 31.5 Å². The summed E-state index contributed by atoms with van der Waals surface area (Å²) in [7, 11) is 4.65. The molecule has 1 heterocycles. The first kappa shape index (κ1) is 22.4. The lowest BCUT2D eigenvalue weighted by Gasteiger charge is -2.12. The average molecular weight is 439 g/mol. The Morgan fingerprint density at radius 1 is 1.10 bits per heavy atom. The predicted octanol–water partition coefficient (Wildman–Crippen LogP) is 4.67. The lowest BCUT2D eigenvalue weighted by molar-refractivity contribution is -0.113. The minimum Gasteiger partial charge on any atom is -0.493 e. The van der Waals surface area contributed by atoms with Crippen LogP contribution in [0.25, 0.3) is 16.3 Å². The minimum absolute atomic E-state index is 0.354. The van der Waals surface area contributed by atoms with Crippen molar-refractivity contribution in [2.24, 2.45) is 4.99 Å². The van der Waals surface area contributed by atoms with E-state index < -0.39 is 0 Å². The predicted molar refractivity (Wildman–Crippen MR) is 125 cm³/mol. The van der Waals surface area contributed by atoms with Crippen LogP contribution >= 0.6 is 11.3 Å². The molecule has 0 saturated heterocycles. The van der Waals surface area contributed by atoms with Crippen LogP contribution in [-0.2, 0) is 11.3 Å². The lowest BCUT2D eigenvalue weighted by atomic mass is 10.1. The summed E-state index contributed by atoms with van der Waals surface area (Å²) in [5.74, 6) is 1.18. The molecule has 0 N–H and O–H groups in total. The van der Waals surface area contributed by atoms with Gasteiger partial charge in [0.15, 0.2) is 16.3 Å². The van der Waals surface area contributed by atoms with E-state index in [0.29, 0.717) is 28.6 Å². The number of ether oxygens (including phenoxy) is 3. The molecular formula is C24H26N2O4S. The summed E-state index contributed by atoms with van der Waals surface area (Å²) in [4.78, 5) is 17.6. The van der Waals surface area contributed by atoms with E-state index in [9.17, 15) is 4.79 Å². The summed E-state index contributed by atoms with van der Waals surface area (Å²) in [5.41, 5.74) is 4.13. The van der Waals surface area contributed by atoms with Crippen LogP contribution in [-0.4, -0.2) is 31.8 Å². The van der Waals surface area contributed by atoms with Gasteiger partial charge in [-0.2, -0.15) is 4.99 Å². The molecule has 0 aliphatic carbocycles. The van der Waals surface area contributed by atoms with Gasteiger partial charge in [-0.05, 0) is 54.8 Å². The number of aromatic nitrogens is 1. The molecule has 2 aromatic carbocycles. The number of hydrogen-bond donors (Lipinski definition) is 0. The van der Waals surface area contributed by atoms with Gasteiger partial charge in [0.2, 0.25) is 5.75 Å². The van der Waals surface area contributed by atoms with Crippen molar-refractivity contribution in [3.05, 3.63) is 64.5 Å². The molecule has 1 aromatic heterocycles. The number of carbonyl (C=O) groups excluding carboxylic acids is 1. The zero-order valence-corrected chi connectivity index (χ0v) is 19.2. The monoisotopic (exact) mass is 438 g/mol. The zero-order valence-electron chi connectivity index (χ0n) is 18.4. The second-order valence-electron chi connectivity index (χ2n) is 6.96. The van der Waals surface area contributed by atoms with Crippen molar-refractivity contribution in [2.75, 3.05) is 21.3 Å². The van der Waals surface area contributed by atoms with E-state index in [-0.39, 0.29) is 5.91 Å². The molecule has 3 rings (SSSR count). The third kappa shape index (κ3) is 4.72. The molecule has 0 spiro atoms. The molecule has 3 aromatic rings. The quantitative estimate of drug-likeness (QED) is 0.397. The molecule has 0 bridgehead atoms. The van der Waals surface area contributed by atoms with Crippen LogP contribution < -0.4 is 19.0 Å². The van der Waals surface area contributed by atoms with Gasteiger partial charge in [0.25, 0.3) is 5.91 Å². The number of thiazole rings is 1. The van der Waals surface area contributed by atoms with Crippen molar-refractivity contribution in [1.82, 2.24) is 4.57 Å². The Bertz CT molecular complexity index is 1210. The van der Waals surface area contributed by atoms with Crippen LogP contribution in [0.3, 0.4) is 0 Å². The van der Waals surface area contributed by atoms with Gasteiger partial charge < -0.3 is 18.8 Å². The third-order valence-electron chi connectivity index (χ3n) is 4.74. The molecule has 0 unspecified atom stereocenters. The Labute approximate surface area is 185 Å². The summed E-state index contributed by atoms with van der Waals surface area (Å²) >= 11 is 1.50. The Morgan fingerprint density at radius 3 is 2.35 bits per heavy atom. The first-order valence-electron chi connectivity index (χ1n) is 9.70. The maximum Gasteiger partial charge on any atom is 0.272 e. The second kappa shape index (κ2) is 9.66. The Kier molecular flexibility index (Phi) is 6.97. The van der Waals surface area contributed by atoms with Gasteiger partial charge in [0, 0.05) is 12.6 Å². The number of amides is 1. The molecule has 7 heteroatoms. The highest BCUT2D eigenvalue weighted by Crippen LogP contribution is 2.38. The van der Waals surface area contributed by atoms with Gasteiger partial charge in [-0.1, -0.05) is 23.5 Å². The van der Waals surface area contributed by atoms with Crippen LogP contribution in [0.1, 0.15) is 16.7 Å². The second-order valence-corrected chi connectivity index (χ2v) is 7.93. The molecule has 162 valence electrons. The molecular weight excluding hydrogens is 412 g/mol. The number of nitrogens with zero attached hydrogens (tertiary/aromatic N) is 2. The van der Waals surface area contributed by atoms with E-state index in [0.717, 1.165) is 15.8 Å². The Morgan fingerprint density at radius 2 is 1.77 bits per heavy atom. The largest absolute Gasteiger partial charge is 0.493 e. The molecule has 0 aliphatic heterocycles. The number of hydrogen-bond acceptors (Lipinski definition) is 5. The standard InChI is InChI=1S/C24H26N2O4S/c1-7-10-26-18-12-15(2)11-16(3)23(18)31-24(26)25-21(27)9-8-17-13-19(28-4)22(30-6)20(14-17)29-5/h7-9,11-14H,1,10H2,2-6H3. The summed E-state index contributed by atoms with van der Waals surface area (Å²) < 4.78 is 19.2. The van der Waals surface area contributed by atoms with E-state index in [1.807, 2.05) is 4.57 Å². The summed E-state index contributed by atoms with van der Waals surface area (Å²) in [5, 5.41) is 0. The molecule has 0 aliphatic rings. The molecule has 0 atom stereocenters. The third-order valence-corrected chi connectivity index (χ3v) is 5.97.